The zero-order chi connectivity index (χ0) is 19.0. The van der Waals surface area contributed by atoms with Gasteiger partial charge in [-0.3, -0.25) is 0 Å². The van der Waals surface area contributed by atoms with E-state index in [4.69, 9.17) is 28.3 Å². The van der Waals surface area contributed by atoms with Crippen molar-refractivity contribution in [2.45, 2.75) is 0 Å². The topological polar surface area (TPSA) is 117 Å². The molecule has 0 radical (unpaired) electrons. The molecule has 0 amide bonds. The van der Waals surface area contributed by atoms with E-state index < -0.39 is 5.97 Å². The van der Waals surface area contributed by atoms with Crippen LogP contribution in [0.5, 0.6) is 0 Å². The fourth-order valence-corrected chi connectivity index (χ4v) is 3.10. The van der Waals surface area contributed by atoms with Crippen molar-refractivity contribution < 1.29 is 9.90 Å². The monoisotopic (exact) mass is 400 g/mol. The second-order valence-corrected chi connectivity index (χ2v) is 6.28. The molecule has 0 spiro atoms. The lowest BCUT2D eigenvalue weighted by molar-refractivity contribution is 0.0697. The number of benzene rings is 1. The third-order valence-electron chi connectivity index (χ3n) is 3.74. The van der Waals surface area contributed by atoms with Crippen molar-refractivity contribution >= 4 is 52.0 Å². The van der Waals surface area contributed by atoms with Crippen LogP contribution in [0.2, 0.25) is 10.0 Å². The molecular weight excluding hydrogens is 391 g/mol. The first-order valence-electron chi connectivity index (χ1n) is 7.64. The molecule has 0 fully saturated rings. The molecule has 3 heterocycles. The van der Waals surface area contributed by atoms with E-state index in [1.54, 1.807) is 18.2 Å². The highest BCUT2D eigenvalue weighted by atomic mass is 35.5. The standard InChI is InChI=1S/C17H10Cl2N6O2/c18-9-2-1-3-10(19)12(9)14-24-13-15(21-7-22-16(13)25-14)23-11-6-8(17(26)27)4-5-20-11/h1-7H,(H,26,27)(H2,20,21,22,23,24,25). The Kier molecular flexibility index (Phi) is 4.35. The Hall–Kier alpha value is -3.23. The summed E-state index contributed by atoms with van der Waals surface area (Å²) < 4.78 is 0. The smallest absolute Gasteiger partial charge is 0.335 e. The summed E-state index contributed by atoms with van der Waals surface area (Å²) in [5.74, 6) is 0.0978. The average Bonchev–Trinajstić information content (AvgIpc) is 3.06. The van der Waals surface area contributed by atoms with Gasteiger partial charge in [-0.05, 0) is 24.3 Å². The van der Waals surface area contributed by atoms with E-state index in [0.717, 1.165) is 0 Å². The molecule has 0 aliphatic carbocycles. The highest BCUT2D eigenvalue weighted by molar-refractivity contribution is 6.39. The number of aromatic nitrogens is 5. The number of imidazole rings is 1. The third-order valence-corrected chi connectivity index (χ3v) is 4.37. The minimum atomic E-state index is -1.05. The summed E-state index contributed by atoms with van der Waals surface area (Å²) in [6.45, 7) is 0. The predicted octanol–water partition coefficient (Wildman–Crippen LogP) is 4.16. The number of H-pyrrole nitrogens is 1. The highest BCUT2D eigenvalue weighted by Crippen LogP contribution is 2.34. The third kappa shape index (κ3) is 3.27. The van der Waals surface area contributed by atoms with Crippen molar-refractivity contribution in [1.29, 1.82) is 0 Å². The minimum absolute atomic E-state index is 0.103. The fourth-order valence-electron chi connectivity index (χ4n) is 2.52. The Bertz CT molecular complexity index is 1160. The summed E-state index contributed by atoms with van der Waals surface area (Å²) in [5, 5.41) is 13.0. The van der Waals surface area contributed by atoms with Gasteiger partial charge in [-0.15, -0.1) is 0 Å². The van der Waals surface area contributed by atoms with E-state index >= 15 is 0 Å². The molecular formula is C17H10Cl2N6O2. The van der Waals surface area contributed by atoms with Crippen molar-refractivity contribution in [1.82, 2.24) is 24.9 Å². The van der Waals surface area contributed by atoms with Gasteiger partial charge in [0.2, 0.25) is 0 Å². The molecule has 0 atom stereocenters. The van der Waals surface area contributed by atoms with Crippen LogP contribution in [-0.4, -0.2) is 36.0 Å². The van der Waals surface area contributed by atoms with E-state index in [-0.39, 0.29) is 5.56 Å². The van der Waals surface area contributed by atoms with E-state index in [9.17, 15) is 4.79 Å². The molecule has 3 N–H and O–H groups in total. The van der Waals surface area contributed by atoms with Crippen molar-refractivity contribution in [2.24, 2.45) is 0 Å². The zero-order valence-corrected chi connectivity index (χ0v) is 15.0. The van der Waals surface area contributed by atoms with Gasteiger partial charge in [0.05, 0.1) is 21.2 Å². The van der Waals surface area contributed by atoms with Crippen LogP contribution >= 0.6 is 23.2 Å². The van der Waals surface area contributed by atoms with E-state index in [2.05, 4.69) is 30.2 Å². The first kappa shape index (κ1) is 17.2. The van der Waals surface area contributed by atoms with Crippen LogP contribution in [0.15, 0.2) is 42.9 Å². The number of pyridine rings is 1. The number of halogens is 2. The number of fused-ring (bicyclic) bond motifs is 1. The van der Waals surface area contributed by atoms with Crippen LogP contribution in [0.1, 0.15) is 10.4 Å². The predicted molar refractivity (Wildman–Crippen MR) is 102 cm³/mol. The first-order valence-corrected chi connectivity index (χ1v) is 8.40. The molecule has 4 rings (SSSR count). The molecule has 1 aromatic carbocycles. The maximum absolute atomic E-state index is 11.1. The molecule has 3 aromatic heterocycles. The largest absolute Gasteiger partial charge is 0.478 e. The van der Waals surface area contributed by atoms with E-state index in [1.165, 1.54) is 24.7 Å². The van der Waals surface area contributed by atoms with Gasteiger partial charge in [0.15, 0.2) is 11.5 Å². The van der Waals surface area contributed by atoms with Crippen molar-refractivity contribution in [3.63, 3.8) is 0 Å². The Labute approximate surface area is 162 Å². The number of nitrogens with zero attached hydrogens (tertiary/aromatic N) is 4. The van der Waals surface area contributed by atoms with Gasteiger partial charge < -0.3 is 15.4 Å². The zero-order valence-electron chi connectivity index (χ0n) is 13.4. The van der Waals surface area contributed by atoms with Crippen LogP contribution in [0.4, 0.5) is 11.6 Å². The number of hydrogen-bond acceptors (Lipinski definition) is 6. The van der Waals surface area contributed by atoms with Gasteiger partial charge >= 0.3 is 5.97 Å². The van der Waals surface area contributed by atoms with Crippen LogP contribution in [0, 0.1) is 0 Å². The van der Waals surface area contributed by atoms with Crippen LogP contribution in [0.25, 0.3) is 22.6 Å². The number of anilines is 2. The Balaban J connectivity index is 1.78. The van der Waals surface area contributed by atoms with Crippen molar-refractivity contribution in [2.75, 3.05) is 5.32 Å². The molecule has 0 saturated heterocycles. The maximum Gasteiger partial charge on any atom is 0.335 e. The van der Waals surface area contributed by atoms with Crippen LogP contribution in [0.3, 0.4) is 0 Å². The van der Waals surface area contributed by atoms with Crippen LogP contribution in [-0.2, 0) is 0 Å². The molecule has 10 heteroatoms. The second kappa shape index (κ2) is 6.82. The van der Waals surface area contributed by atoms with Crippen molar-refractivity contribution in [3.05, 3.63) is 58.5 Å². The maximum atomic E-state index is 11.1. The lowest BCUT2D eigenvalue weighted by Crippen LogP contribution is -2.01. The van der Waals surface area contributed by atoms with E-state index in [0.29, 0.717) is 44.2 Å². The normalized spacial score (nSPS) is 10.9. The average molecular weight is 401 g/mol. The number of carboxylic acid groups (broad SMARTS) is 1. The number of aromatic amines is 1. The molecule has 8 nitrogen and oxygen atoms in total. The summed E-state index contributed by atoms with van der Waals surface area (Å²) >= 11 is 12.5. The molecule has 0 aliphatic heterocycles. The SMILES string of the molecule is O=C(O)c1ccnc(Nc2ncnc3nc(-c4c(Cl)cccc4Cl)[nH]c23)c1. The second-order valence-electron chi connectivity index (χ2n) is 5.46. The minimum Gasteiger partial charge on any atom is -0.478 e. The number of hydrogen-bond donors (Lipinski definition) is 3. The Morgan fingerprint density at radius 1 is 1.11 bits per heavy atom. The first-order chi connectivity index (χ1) is 13.0. The number of aromatic carboxylic acids is 1. The van der Waals surface area contributed by atoms with Gasteiger partial charge in [-0.25, -0.2) is 24.7 Å². The highest BCUT2D eigenvalue weighted by Gasteiger charge is 2.16. The molecule has 0 aliphatic rings. The number of nitrogens with one attached hydrogen (secondary N) is 2. The van der Waals surface area contributed by atoms with Gasteiger partial charge in [0.1, 0.15) is 23.5 Å². The number of carbonyl (C=O) groups is 1. The molecule has 4 aromatic rings. The quantitative estimate of drug-likeness (QED) is 0.470. The summed E-state index contributed by atoms with van der Waals surface area (Å²) in [7, 11) is 0. The molecule has 0 bridgehead atoms. The number of carboxylic acids is 1. The summed E-state index contributed by atoms with van der Waals surface area (Å²) in [4.78, 5) is 31.1. The molecule has 0 saturated carbocycles. The summed E-state index contributed by atoms with van der Waals surface area (Å²) in [6.07, 6.45) is 2.73. The van der Waals surface area contributed by atoms with Crippen LogP contribution < -0.4 is 5.32 Å². The molecule has 134 valence electrons. The molecule has 27 heavy (non-hydrogen) atoms. The van der Waals surface area contributed by atoms with Gasteiger partial charge in [0.25, 0.3) is 0 Å². The lowest BCUT2D eigenvalue weighted by atomic mass is 10.2. The fraction of sp³-hybridized carbons (Fsp3) is 0. The number of rotatable bonds is 4. The van der Waals surface area contributed by atoms with E-state index in [1.807, 2.05) is 0 Å². The Morgan fingerprint density at radius 2 is 1.89 bits per heavy atom. The molecule has 0 unspecified atom stereocenters. The van der Waals surface area contributed by atoms with Gasteiger partial charge in [-0.2, -0.15) is 0 Å². The lowest BCUT2D eigenvalue weighted by Gasteiger charge is -2.05. The summed E-state index contributed by atoms with van der Waals surface area (Å²) in [5.41, 5.74) is 1.56. The van der Waals surface area contributed by atoms with Gasteiger partial charge in [0, 0.05) is 6.20 Å². The summed E-state index contributed by atoms with van der Waals surface area (Å²) in [6, 6.07) is 7.96. The van der Waals surface area contributed by atoms with Gasteiger partial charge in [-0.1, -0.05) is 29.3 Å². The Morgan fingerprint density at radius 3 is 2.63 bits per heavy atom. The van der Waals surface area contributed by atoms with Crippen molar-refractivity contribution in [3.8, 4) is 11.4 Å².